The van der Waals surface area contributed by atoms with Crippen LogP contribution in [-0.4, -0.2) is 66.9 Å². The Morgan fingerprint density at radius 2 is 1.84 bits per heavy atom. The lowest BCUT2D eigenvalue weighted by Crippen LogP contribution is -2.67. The molecule has 0 unspecified atom stereocenters. The molecule has 7 nitrogen and oxygen atoms in total. The maximum Gasteiger partial charge on any atom is 0.211 e. The van der Waals surface area contributed by atoms with Gasteiger partial charge in [-0.3, -0.25) is 4.90 Å². The van der Waals surface area contributed by atoms with Gasteiger partial charge in [-0.15, -0.1) is 0 Å². The maximum atomic E-state index is 12.2. The summed E-state index contributed by atoms with van der Waals surface area (Å²) in [5.41, 5.74) is 4.12. The Balaban J connectivity index is 1.67. The summed E-state index contributed by atoms with van der Waals surface area (Å²) in [5.74, 6) is 0.776. The second-order valence-corrected chi connectivity index (χ2v) is 11.1. The number of aromatic nitrogens is 1. The molecule has 0 saturated carbocycles. The van der Waals surface area contributed by atoms with Crippen LogP contribution >= 0.6 is 0 Å². The van der Waals surface area contributed by atoms with Gasteiger partial charge < -0.3 is 14.4 Å². The van der Waals surface area contributed by atoms with Crippen LogP contribution in [0.5, 0.6) is 5.75 Å². The molecule has 0 aliphatic carbocycles. The fourth-order valence-electron chi connectivity index (χ4n) is 5.57. The van der Waals surface area contributed by atoms with E-state index in [9.17, 15) is 13.5 Å². The van der Waals surface area contributed by atoms with E-state index in [-0.39, 0.29) is 18.1 Å². The number of benzene rings is 2. The van der Waals surface area contributed by atoms with E-state index in [1.54, 1.807) is 11.4 Å². The molecule has 32 heavy (non-hydrogen) atoms. The van der Waals surface area contributed by atoms with E-state index in [4.69, 9.17) is 4.74 Å². The molecule has 1 spiro atoms. The van der Waals surface area contributed by atoms with Crippen molar-refractivity contribution in [3.63, 3.8) is 0 Å². The van der Waals surface area contributed by atoms with Gasteiger partial charge in [-0.2, -0.15) is 0 Å². The minimum absolute atomic E-state index is 0.00694. The molecule has 1 aromatic heterocycles. The van der Waals surface area contributed by atoms with Crippen molar-refractivity contribution in [1.82, 2.24) is 13.8 Å². The zero-order valence-corrected chi connectivity index (χ0v) is 19.5. The fourth-order valence-corrected chi connectivity index (χ4v) is 6.53. The van der Waals surface area contributed by atoms with Gasteiger partial charge in [0.05, 0.1) is 31.5 Å². The number of hydrogen-bond acceptors (Lipinski definition) is 5. The predicted octanol–water partition coefficient (Wildman–Crippen LogP) is 2.25. The highest BCUT2D eigenvalue weighted by atomic mass is 32.2. The Morgan fingerprint density at radius 3 is 2.47 bits per heavy atom. The average Bonchev–Trinajstić information content (AvgIpc) is 3.04. The van der Waals surface area contributed by atoms with Crippen molar-refractivity contribution in [3.05, 3.63) is 65.4 Å². The molecule has 1 atom stereocenters. The van der Waals surface area contributed by atoms with Gasteiger partial charge in [0.2, 0.25) is 10.0 Å². The lowest BCUT2D eigenvalue weighted by molar-refractivity contribution is 0.0244. The van der Waals surface area contributed by atoms with Crippen LogP contribution in [0.3, 0.4) is 0 Å². The molecule has 3 heterocycles. The molecule has 1 fully saturated rings. The molecule has 1 saturated heterocycles. The molecule has 170 valence electrons. The number of aliphatic hydroxyl groups is 1. The van der Waals surface area contributed by atoms with Crippen LogP contribution < -0.4 is 4.74 Å². The van der Waals surface area contributed by atoms with E-state index >= 15 is 0 Å². The molecule has 5 rings (SSSR count). The van der Waals surface area contributed by atoms with Gasteiger partial charge in [-0.1, -0.05) is 30.3 Å². The number of rotatable bonds is 5. The van der Waals surface area contributed by atoms with Crippen LogP contribution in [0.25, 0.3) is 10.9 Å². The molecule has 0 bridgehead atoms. The Bertz CT molecular complexity index is 1260. The number of aliphatic hydroxyl groups excluding tert-OH is 1. The highest BCUT2D eigenvalue weighted by Crippen LogP contribution is 2.50. The van der Waals surface area contributed by atoms with Crippen molar-refractivity contribution < 1.29 is 18.3 Å². The summed E-state index contributed by atoms with van der Waals surface area (Å²) in [6.45, 7) is 2.28. The number of aryl methyl sites for hydroxylation is 1. The number of sulfonamides is 1. The van der Waals surface area contributed by atoms with E-state index in [1.807, 2.05) is 37.4 Å². The van der Waals surface area contributed by atoms with Gasteiger partial charge in [-0.25, -0.2) is 12.7 Å². The zero-order valence-electron chi connectivity index (χ0n) is 18.7. The number of hydrogen-bond donors (Lipinski definition) is 1. The van der Waals surface area contributed by atoms with Gasteiger partial charge in [0.1, 0.15) is 5.75 Å². The van der Waals surface area contributed by atoms with Gasteiger partial charge >= 0.3 is 0 Å². The van der Waals surface area contributed by atoms with Crippen LogP contribution in [-0.2, 0) is 29.0 Å². The van der Waals surface area contributed by atoms with Crippen molar-refractivity contribution >= 4 is 20.9 Å². The largest absolute Gasteiger partial charge is 0.497 e. The monoisotopic (exact) mass is 455 g/mol. The molecule has 0 radical (unpaired) electrons. The summed E-state index contributed by atoms with van der Waals surface area (Å²) >= 11 is 0. The van der Waals surface area contributed by atoms with Gasteiger partial charge in [0.15, 0.2) is 0 Å². The van der Waals surface area contributed by atoms with Crippen LogP contribution in [0, 0.1) is 0 Å². The Morgan fingerprint density at radius 1 is 1.12 bits per heavy atom. The minimum atomic E-state index is -3.26. The highest BCUT2D eigenvalue weighted by molar-refractivity contribution is 7.88. The molecule has 3 aromatic rings. The standard InChI is InChI=1S/C24H29N3O4S/c1-25-20-11-18(31-2)9-10-19(20)22-23(25)21(13-28)26(12-17-7-5-4-6-8-17)14-24(22)15-27(16-24)32(3,29)30/h4-11,21,28H,12-16H2,1-3H3/t21-/m0/s1. The summed E-state index contributed by atoms with van der Waals surface area (Å²) < 4.78 is 33.7. The van der Waals surface area contributed by atoms with E-state index in [0.717, 1.165) is 22.3 Å². The average molecular weight is 456 g/mol. The van der Waals surface area contributed by atoms with Crippen LogP contribution in [0.1, 0.15) is 22.9 Å². The molecule has 2 aliphatic rings. The van der Waals surface area contributed by atoms with Gasteiger partial charge in [0, 0.05) is 55.8 Å². The first-order valence-electron chi connectivity index (χ1n) is 10.8. The molecule has 1 N–H and O–H groups in total. The predicted molar refractivity (Wildman–Crippen MR) is 124 cm³/mol. The number of fused-ring (bicyclic) bond motifs is 4. The maximum absolute atomic E-state index is 12.2. The molecule has 0 amide bonds. The van der Waals surface area contributed by atoms with Crippen LogP contribution in [0.4, 0.5) is 0 Å². The van der Waals surface area contributed by atoms with E-state index in [1.165, 1.54) is 17.4 Å². The smallest absolute Gasteiger partial charge is 0.211 e. The summed E-state index contributed by atoms with van der Waals surface area (Å²) in [4.78, 5) is 2.30. The summed E-state index contributed by atoms with van der Waals surface area (Å²) in [5, 5.41) is 11.6. The SMILES string of the molecule is COc1ccc2c3c(n(C)c2c1)[C@H](CO)N(Cc1ccccc1)CC31CN(S(C)(=O)=O)C1. The molecular weight excluding hydrogens is 426 g/mol. The summed E-state index contributed by atoms with van der Waals surface area (Å²) in [6.07, 6.45) is 1.27. The quantitative estimate of drug-likeness (QED) is 0.639. The van der Waals surface area contributed by atoms with Gasteiger partial charge in [-0.05, 0) is 23.3 Å². The first kappa shape index (κ1) is 21.5. The van der Waals surface area contributed by atoms with Crippen LogP contribution in [0.15, 0.2) is 48.5 Å². The topological polar surface area (TPSA) is 75.0 Å². The molecule has 2 aliphatic heterocycles. The lowest BCUT2D eigenvalue weighted by atomic mass is 9.70. The number of methoxy groups -OCH3 is 1. The third kappa shape index (κ3) is 3.25. The first-order valence-corrected chi connectivity index (χ1v) is 12.6. The van der Waals surface area contributed by atoms with Crippen molar-refractivity contribution in [1.29, 1.82) is 0 Å². The highest BCUT2D eigenvalue weighted by Gasteiger charge is 2.55. The zero-order chi connectivity index (χ0) is 22.7. The third-order valence-electron chi connectivity index (χ3n) is 7.07. The van der Waals surface area contributed by atoms with Gasteiger partial charge in [0.25, 0.3) is 0 Å². The molecular formula is C24H29N3O4S. The first-order chi connectivity index (χ1) is 15.3. The Hall–Kier alpha value is -2.39. The van der Waals surface area contributed by atoms with Crippen molar-refractivity contribution in [2.24, 2.45) is 7.05 Å². The second-order valence-electron chi connectivity index (χ2n) is 9.10. The van der Waals surface area contributed by atoms with E-state index in [0.29, 0.717) is 26.2 Å². The Kier molecular flexibility index (Phi) is 5.09. The number of nitrogens with zero attached hydrogens (tertiary/aromatic N) is 3. The molecule has 2 aromatic carbocycles. The summed E-state index contributed by atoms with van der Waals surface area (Å²) in [7, 11) is 0.418. The fraction of sp³-hybridized carbons (Fsp3) is 0.417. The number of ether oxygens (including phenoxy) is 1. The molecule has 8 heteroatoms. The lowest BCUT2D eigenvalue weighted by Gasteiger charge is -2.55. The van der Waals surface area contributed by atoms with Crippen LogP contribution in [0.2, 0.25) is 0 Å². The van der Waals surface area contributed by atoms with Crippen molar-refractivity contribution in [2.45, 2.75) is 18.0 Å². The van der Waals surface area contributed by atoms with E-state index < -0.39 is 10.0 Å². The summed E-state index contributed by atoms with van der Waals surface area (Å²) in [6, 6.07) is 16.1. The van der Waals surface area contributed by atoms with Crippen molar-refractivity contribution in [3.8, 4) is 5.75 Å². The Labute approximate surface area is 188 Å². The second kappa shape index (κ2) is 7.59. The minimum Gasteiger partial charge on any atom is -0.497 e. The third-order valence-corrected chi connectivity index (χ3v) is 8.27. The van der Waals surface area contributed by atoms with E-state index in [2.05, 4.69) is 27.7 Å². The normalized spacial score (nSPS) is 20.9. The van der Waals surface area contributed by atoms with Crippen molar-refractivity contribution in [2.75, 3.05) is 39.6 Å².